The molecular weight excluding hydrogens is 396 g/mol. The molecule has 0 saturated heterocycles. The number of esters is 2. The molecule has 162 valence electrons. The highest BCUT2D eigenvalue weighted by molar-refractivity contribution is 5.93. The number of nitrogens with one attached hydrogen (secondary N) is 1. The average molecular weight is 422 g/mol. The molecule has 0 aliphatic heterocycles. The molecule has 0 heterocycles. The first-order valence-electron chi connectivity index (χ1n) is 9.89. The van der Waals surface area contributed by atoms with E-state index in [9.17, 15) is 19.6 Å². The van der Waals surface area contributed by atoms with Crippen LogP contribution in [0.5, 0.6) is 5.75 Å². The maximum Gasteiger partial charge on any atom is 0.338 e. The van der Waals surface area contributed by atoms with E-state index in [4.69, 9.17) is 9.47 Å². The first kappa shape index (κ1) is 23.6. The van der Waals surface area contributed by atoms with E-state index in [1.54, 1.807) is 55.5 Å². The molecule has 31 heavy (non-hydrogen) atoms. The zero-order chi connectivity index (χ0) is 23.2. The van der Waals surface area contributed by atoms with Gasteiger partial charge in [-0.05, 0) is 55.2 Å². The van der Waals surface area contributed by atoms with E-state index in [1.807, 2.05) is 13.8 Å². The fraction of sp³-hybridized carbons (Fsp3) is 0.333. The van der Waals surface area contributed by atoms with E-state index in [2.05, 4.69) is 11.4 Å². The summed E-state index contributed by atoms with van der Waals surface area (Å²) in [4.78, 5) is 35.8. The Labute approximate surface area is 182 Å². The van der Waals surface area contributed by atoms with Gasteiger partial charge < -0.3 is 14.8 Å². The minimum absolute atomic E-state index is 0.111. The first-order chi connectivity index (χ1) is 14.6. The second-order valence-corrected chi connectivity index (χ2v) is 7.70. The van der Waals surface area contributed by atoms with Gasteiger partial charge >= 0.3 is 11.9 Å². The molecule has 0 aromatic heterocycles. The number of amides is 1. The Bertz CT molecular complexity index is 990. The van der Waals surface area contributed by atoms with Gasteiger partial charge in [0.2, 0.25) is 0 Å². The minimum Gasteiger partial charge on any atom is -0.449 e. The Hall–Kier alpha value is -3.66. The van der Waals surface area contributed by atoms with Crippen LogP contribution in [0.25, 0.3) is 11.1 Å². The van der Waals surface area contributed by atoms with Gasteiger partial charge in [-0.2, -0.15) is 5.26 Å². The van der Waals surface area contributed by atoms with Gasteiger partial charge in [0.15, 0.2) is 6.10 Å². The lowest BCUT2D eigenvalue weighted by Crippen LogP contribution is -2.52. The summed E-state index contributed by atoms with van der Waals surface area (Å²) in [6.45, 7) is 8.08. The third-order valence-electron chi connectivity index (χ3n) is 4.99. The highest BCUT2D eigenvalue weighted by atomic mass is 16.5. The third kappa shape index (κ3) is 6.16. The fourth-order valence-corrected chi connectivity index (χ4v) is 2.62. The van der Waals surface area contributed by atoms with Crippen molar-refractivity contribution in [1.29, 1.82) is 5.26 Å². The highest BCUT2D eigenvalue weighted by Crippen LogP contribution is 2.23. The maximum atomic E-state index is 12.4. The van der Waals surface area contributed by atoms with Crippen molar-refractivity contribution in [1.82, 2.24) is 5.32 Å². The molecule has 1 amide bonds. The number of hydrogen-bond donors (Lipinski definition) is 1. The lowest BCUT2D eigenvalue weighted by atomic mass is 9.90. The molecule has 1 N–H and O–H groups in total. The Kier molecular flexibility index (Phi) is 7.54. The molecule has 2 aromatic rings. The van der Waals surface area contributed by atoms with Crippen LogP contribution in [0, 0.1) is 17.2 Å². The van der Waals surface area contributed by atoms with Crippen molar-refractivity contribution in [3.63, 3.8) is 0 Å². The fourth-order valence-electron chi connectivity index (χ4n) is 2.62. The molecule has 7 nitrogen and oxygen atoms in total. The van der Waals surface area contributed by atoms with Crippen LogP contribution in [0.15, 0.2) is 48.5 Å². The van der Waals surface area contributed by atoms with Crippen LogP contribution >= 0.6 is 0 Å². The van der Waals surface area contributed by atoms with Crippen LogP contribution in [0.2, 0.25) is 0 Å². The summed E-state index contributed by atoms with van der Waals surface area (Å²) in [6.07, 6.45) is -1.05. The maximum absolute atomic E-state index is 12.4. The van der Waals surface area contributed by atoms with Gasteiger partial charge in [-0.15, -0.1) is 0 Å². The molecule has 2 aromatic carbocycles. The SMILES string of the molecule is CC(=O)Oc1ccc(-c2ccc(C(=O)O[C@@H](C)C(=O)N[C@](C)(C#N)C(C)C)cc2)cc1. The number of ether oxygens (including phenoxy) is 2. The standard InChI is InChI=1S/C24H26N2O5/c1-15(2)24(5,14-25)26-22(28)16(3)30-23(29)20-8-6-18(7-9-20)19-10-12-21(13-11-19)31-17(4)27/h6-13,15-16H,1-5H3,(H,26,28)/t16-,24+/m0/s1. The zero-order valence-electron chi connectivity index (χ0n) is 18.3. The average Bonchev–Trinajstić information content (AvgIpc) is 2.73. The molecular formula is C24H26N2O5. The molecule has 2 atom stereocenters. The zero-order valence-corrected chi connectivity index (χ0v) is 18.3. The van der Waals surface area contributed by atoms with Crippen molar-refractivity contribution < 1.29 is 23.9 Å². The molecule has 0 spiro atoms. The van der Waals surface area contributed by atoms with Crippen LogP contribution in [-0.2, 0) is 14.3 Å². The number of carbonyl (C=O) groups excluding carboxylic acids is 3. The predicted octanol–water partition coefficient (Wildman–Crippen LogP) is 3.88. The van der Waals surface area contributed by atoms with Gasteiger partial charge in [0.1, 0.15) is 11.3 Å². The largest absolute Gasteiger partial charge is 0.449 e. The van der Waals surface area contributed by atoms with E-state index in [-0.39, 0.29) is 11.9 Å². The lowest BCUT2D eigenvalue weighted by Gasteiger charge is -2.28. The number of carbonyl (C=O) groups is 3. The van der Waals surface area contributed by atoms with Crippen LogP contribution in [0.3, 0.4) is 0 Å². The monoisotopic (exact) mass is 422 g/mol. The summed E-state index contributed by atoms with van der Waals surface area (Å²) in [5.74, 6) is -1.22. The summed E-state index contributed by atoms with van der Waals surface area (Å²) in [5.41, 5.74) is 0.989. The lowest BCUT2D eigenvalue weighted by molar-refractivity contribution is -0.132. The summed E-state index contributed by atoms with van der Waals surface area (Å²) in [6, 6.07) is 15.8. The van der Waals surface area contributed by atoms with Gasteiger partial charge in [-0.3, -0.25) is 9.59 Å². The highest BCUT2D eigenvalue weighted by Gasteiger charge is 2.32. The van der Waals surface area contributed by atoms with Gasteiger partial charge in [-0.1, -0.05) is 38.1 Å². The number of rotatable bonds is 7. The molecule has 0 fully saturated rings. The van der Waals surface area contributed by atoms with E-state index < -0.39 is 23.5 Å². The molecule has 7 heteroatoms. The summed E-state index contributed by atoms with van der Waals surface area (Å²) in [5, 5.41) is 12.0. The van der Waals surface area contributed by atoms with Crippen LogP contribution in [0.1, 0.15) is 45.0 Å². The number of benzene rings is 2. The summed E-state index contributed by atoms with van der Waals surface area (Å²) >= 11 is 0. The van der Waals surface area contributed by atoms with Crippen molar-refractivity contribution >= 4 is 17.8 Å². The minimum atomic E-state index is -1.05. The van der Waals surface area contributed by atoms with E-state index in [0.717, 1.165) is 11.1 Å². The van der Waals surface area contributed by atoms with E-state index in [1.165, 1.54) is 13.8 Å². The van der Waals surface area contributed by atoms with E-state index in [0.29, 0.717) is 11.3 Å². The summed E-state index contributed by atoms with van der Waals surface area (Å²) in [7, 11) is 0. The topological polar surface area (TPSA) is 105 Å². The second kappa shape index (κ2) is 9.90. The molecule has 0 aliphatic rings. The van der Waals surface area contributed by atoms with Crippen molar-refractivity contribution in [2.45, 2.75) is 46.3 Å². The number of nitriles is 1. The van der Waals surface area contributed by atoms with Gasteiger partial charge in [0.25, 0.3) is 5.91 Å². The normalized spacial score (nSPS) is 13.5. The Balaban J connectivity index is 2.02. The Morgan fingerprint density at radius 2 is 1.48 bits per heavy atom. The molecule has 0 saturated carbocycles. The van der Waals surface area contributed by atoms with Crippen molar-refractivity contribution in [2.75, 3.05) is 0 Å². The third-order valence-corrected chi connectivity index (χ3v) is 4.99. The second-order valence-electron chi connectivity index (χ2n) is 7.70. The molecule has 0 bridgehead atoms. The molecule has 0 unspecified atom stereocenters. The summed E-state index contributed by atoms with van der Waals surface area (Å²) < 4.78 is 10.3. The number of hydrogen-bond acceptors (Lipinski definition) is 6. The van der Waals surface area contributed by atoms with Crippen molar-refractivity contribution in [3.8, 4) is 22.9 Å². The Morgan fingerprint density at radius 3 is 1.94 bits per heavy atom. The molecule has 0 aliphatic carbocycles. The molecule has 0 radical (unpaired) electrons. The van der Waals surface area contributed by atoms with Gasteiger partial charge in [0.05, 0.1) is 11.6 Å². The number of nitrogens with zero attached hydrogens (tertiary/aromatic N) is 1. The smallest absolute Gasteiger partial charge is 0.338 e. The van der Waals surface area contributed by atoms with Crippen LogP contribution in [-0.4, -0.2) is 29.5 Å². The van der Waals surface area contributed by atoms with Crippen molar-refractivity contribution in [2.24, 2.45) is 5.92 Å². The van der Waals surface area contributed by atoms with Gasteiger partial charge in [0, 0.05) is 6.92 Å². The van der Waals surface area contributed by atoms with Gasteiger partial charge in [-0.25, -0.2) is 4.79 Å². The van der Waals surface area contributed by atoms with Crippen molar-refractivity contribution in [3.05, 3.63) is 54.1 Å². The van der Waals surface area contributed by atoms with Crippen LogP contribution in [0.4, 0.5) is 0 Å². The van der Waals surface area contributed by atoms with E-state index >= 15 is 0 Å². The quantitative estimate of drug-likeness (QED) is 0.536. The van der Waals surface area contributed by atoms with Crippen LogP contribution < -0.4 is 10.1 Å². The predicted molar refractivity (Wildman–Crippen MR) is 115 cm³/mol. The first-order valence-corrected chi connectivity index (χ1v) is 9.89. The molecule has 2 rings (SSSR count). The Morgan fingerprint density at radius 1 is 0.968 bits per heavy atom.